The number of nitrogens with zero attached hydrogens (tertiary/aromatic N) is 4. The fraction of sp³-hybridized carbons (Fsp3) is 0.320. The largest absolute Gasteiger partial charge is 0.422 e. The third kappa shape index (κ3) is 6.32. The Labute approximate surface area is 206 Å². The van der Waals surface area contributed by atoms with Gasteiger partial charge in [0.15, 0.2) is 0 Å². The number of hydrogen-bond acceptors (Lipinski definition) is 10. The van der Waals surface area contributed by atoms with Crippen molar-refractivity contribution in [2.24, 2.45) is 0 Å². The molecule has 0 atom stereocenters. The summed E-state index contributed by atoms with van der Waals surface area (Å²) in [6.07, 6.45) is 4.27. The molecule has 188 valence electrons. The highest BCUT2D eigenvalue weighted by Crippen LogP contribution is 2.24. The normalized spacial score (nSPS) is 11.1. The second-order valence-corrected chi connectivity index (χ2v) is 8.19. The van der Waals surface area contributed by atoms with E-state index < -0.39 is 11.3 Å². The number of hydrogen-bond donors (Lipinski definition) is 4. The lowest BCUT2D eigenvalue weighted by molar-refractivity contribution is 0.282. The standard InChI is InChI=1S/C25H28N6O5/c32-13-5-3-11-31(12-4-6-14-33)24-28-23(29-25(35)30-24)27-18-9-8-17-15-19(20-7-1-2-10-26-20)22(34)36-21(17)16-18/h1-2,7-10,15-16,32-33H,3-6,11-14H2,(H2,27,28,29,30,35). The maximum Gasteiger partial charge on any atom is 0.351 e. The van der Waals surface area contributed by atoms with Crippen molar-refractivity contribution in [2.45, 2.75) is 25.7 Å². The van der Waals surface area contributed by atoms with Crippen LogP contribution in [0.2, 0.25) is 0 Å². The molecule has 3 aromatic heterocycles. The van der Waals surface area contributed by atoms with Crippen molar-refractivity contribution in [3.8, 4) is 11.3 Å². The van der Waals surface area contributed by atoms with Gasteiger partial charge in [0.25, 0.3) is 0 Å². The van der Waals surface area contributed by atoms with E-state index in [9.17, 15) is 9.59 Å². The average Bonchev–Trinajstić information content (AvgIpc) is 2.87. The molecule has 0 amide bonds. The van der Waals surface area contributed by atoms with Crippen molar-refractivity contribution in [1.29, 1.82) is 0 Å². The molecule has 0 fully saturated rings. The van der Waals surface area contributed by atoms with Crippen molar-refractivity contribution < 1.29 is 14.6 Å². The van der Waals surface area contributed by atoms with Gasteiger partial charge in [0.05, 0.1) is 11.3 Å². The van der Waals surface area contributed by atoms with Crippen molar-refractivity contribution in [2.75, 3.05) is 36.5 Å². The monoisotopic (exact) mass is 492 g/mol. The molecule has 0 bridgehead atoms. The van der Waals surface area contributed by atoms with E-state index in [2.05, 4.69) is 25.3 Å². The number of aliphatic hydroxyl groups excluding tert-OH is 2. The molecule has 0 saturated carbocycles. The number of aromatic nitrogens is 4. The predicted molar refractivity (Wildman–Crippen MR) is 137 cm³/mol. The Morgan fingerprint density at radius 2 is 1.72 bits per heavy atom. The zero-order chi connectivity index (χ0) is 25.3. The van der Waals surface area contributed by atoms with Gasteiger partial charge < -0.3 is 24.8 Å². The van der Waals surface area contributed by atoms with Gasteiger partial charge in [-0.3, -0.25) is 9.97 Å². The minimum atomic E-state index is -0.566. The van der Waals surface area contributed by atoms with Crippen molar-refractivity contribution in [3.63, 3.8) is 0 Å². The maximum absolute atomic E-state index is 12.6. The van der Waals surface area contributed by atoms with E-state index in [0.29, 0.717) is 61.3 Å². The summed E-state index contributed by atoms with van der Waals surface area (Å²) in [4.78, 5) is 42.0. The van der Waals surface area contributed by atoms with Gasteiger partial charge in [-0.1, -0.05) is 6.07 Å². The number of aliphatic hydroxyl groups is 2. The molecule has 0 unspecified atom stereocenters. The quantitative estimate of drug-likeness (QED) is 0.171. The van der Waals surface area contributed by atoms with Crippen LogP contribution in [0.15, 0.2) is 62.7 Å². The summed E-state index contributed by atoms with van der Waals surface area (Å²) in [5, 5.41) is 22.0. The minimum absolute atomic E-state index is 0.0783. The Bertz CT molecular complexity index is 1400. The number of benzene rings is 1. The van der Waals surface area contributed by atoms with Gasteiger partial charge in [-0.15, -0.1) is 0 Å². The van der Waals surface area contributed by atoms with Crippen LogP contribution in [-0.2, 0) is 0 Å². The van der Waals surface area contributed by atoms with Gasteiger partial charge >= 0.3 is 11.3 Å². The van der Waals surface area contributed by atoms with Gasteiger partial charge in [0, 0.05) is 49.6 Å². The van der Waals surface area contributed by atoms with Crippen LogP contribution >= 0.6 is 0 Å². The number of H-pyrrole nitrogens is 1. The first kappa shape index (κ1) is 25.0. The highest BCUT2D eigenvalue weighted by molar-refractivity contribution is 5.84. The SMILES string of the molecule is O=c1nc(N(CCCCO)CCCCO)nc(Nc2ccc3cc(-c4ccccn4)c(=O)oc3c2)[nH]1. The van der Waals surface area contributed by atoms with Crippen LogP contribution in [0.1, 0.15) is 25.7 Å². The van der Waals surface area contributed by atoms with Crippen LogP contribution in [-0.4, -0.2) is 56.5 Å². The zero-order valence-electron chi connectivity index (χ0n) is 19.7. The first-order valence-corrected chi connectivity index (χ1v) is 11.8. The molecule has 0 aliphatic carbocycles. The van der Waals surface area contributed by atoms with Gasteiger partial charge in [-0.05, 0) is 56.0 Å². The fourth-order valence-corrected chi connectivity index (χ4v) is 3.74. The first-order chi connectivity index (χ1) is 17.6. The van der Waals surface area contributed by atoms with E-state index in [1.54, 1.807) is 48.7 Å². The second kappa shape index (κ2) is 12.0. The fourth-order valence-electron chi connectivity index (χ4n) is 3.74. The lowest BCUT2D eigenvalue weighted by Gasteiger charge is -2.22. The summed E-state index contributed by atoms with van der Waals surface area (Å²) in [5.41, 5.74) is 0.765. The van der Waals surface area contributed by atoms with Crippen LogP contribution in [0, 0.1) is 0 Å². The van der Waals surface area contributed by atoms with Crippen LogP contribution < -0.4 is 21.5 Å². The number of rotatable bonds is 12. The average molecular weight is 493 g/mol. The van der Waals surface area contributed by atoms with Crippen LogP contribution in [0.5, 0.6) is 0 Å². The molecule has 3 heterocycles. The number of fused-ring (bicyclic) bond motifs is 1. The summed E-state index contributed by atoms with van der Waals surface area (Å²) in [6.45, 7) is 1.28. The molecule has 0 saturated heterocycles. The van der Waals surface area contributed by atoms with E-state index in [4.69, 9.17) is 14.6 Å². The summed E-state index contributed by atoms with van der Waals surface area (Å²) < 4.78 is 5.53. The van der Waals surface area contributed by atoms with Crippen molar-refractivity contribution >= 4 is 28.6 Å². The molecule has 4 aromatic rings. The lowest BCUT2D eigenvalue weighted by atomic mass is 10.1. The molecule has 0 spiro atoms. The van der Waals surface area contributed by atoms with E-state index in [0.717, 1.165) is 5.39 Å². The molecule has 4 rings (SSSR count). The van der Waals surface area contributed by atoms with E-state index in [-0.39, 0.29) is 25.1 Å². The van der Waals surface area contributed by atoms with Gasteiger partial charge in [-0.2, -0.15) is 9.97 Å². The van der Waals surface area contributed by atoms with Gasteiger partial charge in [0.2, 0.25) is 11.9 Å². The topological polar surface area (TPSA) is 157 Å². The Morgan fingerprint density at radius 3 is 2.42 bits per heavy atom. The van der Waals surface area contributed by atoms with Crippen LogP contribution in [0.25, 0.3) is 22.2 Å². The molecule has 11 heteroatoms. The van der Waals surface area contributed by atoms with E-state index in [1.807, 2.05) is 4.90 Å². The number of nitrogens with one attached hydrogen (secondary N) is 2. The zero-order valence-corrected chi connectivity index (χ0v) is 19.7. The third-order valence-corrected chi connectivity index (χ3v) is 5.53. The smallest absolute Gasteiger partial charge is 0.351 e. The number of aromatic amines is 1. The maximum atomic E-state index is 12.6. The molecule has 11 nitrogen and oxygen atoms in total. The third-order valence-electron chi connectivity index (χ3n) is 5.53. The lowest BCUT2D eigenvalue weighted by Crippen LogP contribution is -2.31. The van der Waals surface area contributed by atoms with Gasteiger partial charge in [-0.25, -0.2) is 9.59 Å². The summed E-state index contributed by atoms with van der Waals surface area (Å²) >= 11 is 0. The van der Waals surface area contributed by atoms with Crippen LogP contribution in [0.4, 0.5) is 17.6 Å². The number of unbranched alkanes of at least 4 members (excludes halogenated alkanes) is 2. The summed E-state index contributed by atoms with van der Waals surface area (Å²) in [7, 11) is 0. The first-order valence-electron chi connectivity index (χ1n) is 11.8. The predicted octanol–water partition coefficient (Wildman–Crippen LogP) is 2.43. The molecule has 0 aliphatic heterocycles. The molecule has 0 radical (unpaired) electrons. The molecule has 1 aromatic carbocycles. The molecular weight excluding hydrogens is 464 g/mol. The van der Waals surface area contributed by atoms with Crippen molar-refractivity contribution in [3.05, 3.63) is 69.6 Å². The summed E-state index contributed by atoms with van der Waals surface area (Å²) in [6, 6.07) is 12.3. The molecule has 4 N–H and O–H groups in total. The second-order valence-electron chi connectivity index (χ2n) is 8.19. The van der Waals surface area contributed by atoms with Crippen molar-refractivity contribution in [1.82, 2.24) is 19.9 Å². The Balaban J connectivity index is 1.58. The molecule has 36 heavy (non-hydrogen) atoms. The molecular formula is C25H28N6O5. The highest BCUT2D eigenvalue weighted by atomic mass is 16.4. The number of anilines is 3. The van der Waals surface area contributed by atoms with E-state index in [1.165, 1.54) is 0 Å². The Morgan fingerprint density at radius 1 is 0.944 bits per heavy atom. The Kier molecular flexibility index (Phi) is 8.37. The number of pyridine rings is 1. The van der Waals surface area contributed by atoms with Crippen LogP contribution in [0.3, 0.4) is 0 Å². The highest BCUT2D eigenvalue weighted by Gasteiger charge is 2.13. The van der Waals surface area contributed by atoms with Gasteiger partial charge in [0.1, 0.15) is 5.58 Å². The summed E-state index contributed by atoms with van der Waals surface area (Å²) in [5.74, 6) is 0.440. The minimum Gasteiger partial charge on any atom is -0.422 e. The van der Waals surface area contributed by atoms with E-state index >= 15 is 0 Å². The molecule has 0 aliphatic rings. The Hall–Kier alpha value is -4.09.